The van der Waals surface area contributed by atoms with Crippen LogP contribution in [-0.4, -0.2) is 52.3 Å². The summed E-state index contributed by atoms with van der Waals surface area (Å²) in [6.07, 6.45) is 2.35. The number of carbonyl (C=O) groups is 1. The Morgan fingerprint density at radius 1 is 1.15 bits per heavy atom. The van der Waals surface area contributed by atoms with Gasteiger partial charge in [0.1, 0.15) is 5.56 Å². The van der Waals surface area contributed by atoms with Gasteiger partial charge in [0.05, 0.1) is 22.3 Å². The second-order valence-corrected chi connectivity index (χ2v) is 8.66. The molecule has 0 fully saturated rings. The van der Waals surface area contributed by atoms with E-state index in [9.17, 15) is 4.79 Å². The van der Waals surface area contributed by atoms with Crippen molar-refractivity contribution in [3.05, 3.63) is 69.3 Å². The van der Waals surface area contributed by atoms with Crippen LogP contribution in [0.5, 0.6) is 5.88 Å². The average molecular weight is 486 g/mol. The van der Waals surface area contributed by atoms with Gasteiger partial charge in [0.15, 0.2) is 6.73 Å². The number of hydrogen-bond donors (Lipinski definition) is 2. The number of nitrogens with one attached hydrogen (secondary N) is 1. The zero-order chi connectivity index (χ0) is 22.9. The third-order valence-electron chi connectivity index (χ3n) is 5.74. The molecular weight excluding hydrogens is 465 g/mol. The van der Waals surface area contributed by atoms with Crippen molar-refractivity contribution in [3.8, 4) is 5.88 Å². The molecule has 2 aliphatic rings. The number of fused-ring (bicyclic) bond motifs is 2. The monoisotopic (exact) mass is 485 g/mol. The molecule has 0 spiro atoms. The molecule has 0 saturated heterocycles. The van der Waals surface area contributed by atoms with Gasteiger partial charge in [0.25, 0.3) is 5.91 Å². The van der Waals surface area contributed by atoms with E-state index in [-0.39, 0.29) is 30.7 Å². The number of β-amino-alcohol motifs (C(OH)–C–C–N with tert-alkyl or cyclic N) is 1. The molecule has 0 saturated carbocycles. The minimum atomic E-state index is -0.334. The molecule has 33 heavy (non-hydrogen) atoms. The van der Waals surface area contributed by atoms with Crippen molar-refractivity contribution in [3.63, 3.8) is 0 Å². The number of carbonyl (C=O) groups excluding carboxylic acids is 1. The van der Waals surface area contributed by atoms with Crippen molar-refractivity contribution in [2.45, 2.75) is 13.0 Å². The van der Waals surface area contributed by atoms with Gasteiger partial charge in [-0.2, -0.15) is 4.98 Å². The first kappa shape index (κ1) is 21.9. The molecule has 2 aromatic carbocycles. The van der Waals surface area contributed by atoms with Crippen LogP contribution in [0.2, 0.25) is 10.0 Å². The molecule has 5 rings (SSSR count). The lowest BCUT2D eigenvalue weighted by atomic mass is 9.99. The lowest BCUT2D eigenvalue weighted by molar-refractivity contribution is 0.0932. The lowest BCUT2D eigenvalue weighted by Gasteiger charge is -2.29. The van der Waals surface area contributed by atoms with E-state index < -0.39 is 0 Å². The molecule has 3 aromatic rings. The van der Waals surface area contributed by atoms with Crippen LogP contribution in [0.3, 0.4) is 0 Å². The summed E-state index contributed by atoms with van der Waals surface area (Å²) in [5.41, 5.74) is 3.99. The first-order valence-electron chi connectivity index (χ1n) is 10.5. The van der Waals surface area contributed by atoms with E-state index in [4.69, 9.17) is 33.0 Å². The summed E-state index contributed by atoms with van der Waals surface area (Å²) < 4.78 is 5.75. The Morgan fingerprint density at radius 2 is 1.97 bits per heavy atom. The predicted molar refractivity (Wildman–Crippen MR) is 127 cm³/mol. The average Bonchev–Trinajstić information content (AvgIpc) is 2.81. The smallest absolute Gasteiger partial charge is 0.268 e. The fourth-order valence-electron chi connectivity index (χ4n) is 4.08. The molecule has 0 atom stereocenters. The molecular formula is C23H21Cl2N5O3. The molecule has 170 valence electrons. The van der Waals surface area contributed by atoms with Crippen molar-refractivity contribution in [2.24, 2.45) is 0 Å². The highest BCUT2D eigenvalue weighted by molar-refractivity contribution is 6.40. The Kier molecular flexibility index (Phi) is 6.07. The highest BCUT2D eigenvalue weighted by Gasteiger charge is 2.31. The number of ether oxygens (including phenoxy) is 1. The minimum absolute atomic E-state index is 0.0606. The number of aliphatic hydroxyl groups is 1. The van der Waals surface area contributed by atoms with Gasteiger partial charge >= 0.3 is 0 Å². The molecule has 0 radical (unpaired) electrons. The van der Waals surface area contributed by atoms with Crippen molar-refractivity contribution >= 4 is 46.4 Å². The summed E-state index contributed by atoms with van der Waals surface area (Å²) in [5, 5.41) is 13.1. The number of aromatic nitrogens is 2. The number of rotatable bonds is 5. The number of amides is 1. The second-order valence-electron chi connectivity index (χ2n) is 7.85. The molecule has 8 nitrogen and oxygen atoms in total. The van der Waals surface area contributed by atoms with Crippen LogP contribution in [0, 0.1) is 0 Å². The number of nitrogens with zero attached hydrogens (tertiary/aromatic N) is 4. The van der Waals surface area contributed by atoms with Gasteiger partial charge in [-0.1, -0.05) is 35.3 Å². The number of para-hydroxylation sites is 1. The van der Waals surface area contributed by atoms with Crippen molar-refractivity contribution < 1.29 is 14.6 Å². The zero-order valence-corrected chi connectivity index (χ0v) is 19.1. The highest BCUT2D eigenvalue weighted by Crippen LogP contribution is 2.37. The second kappa shape index (κ2) is 9.15. The largest absolute Gasteiger partial charge is 0.455 e. The summed E-state index contributed by atoms with van der Waals surface area (Å²) in [7, 11) is 0. The molecule has 1 aromatic heterocycles. The van der Waals surface area contributed by atoms with Crippen LogP contribution in [0.15, 0.2) is 42.6 Å². The summed E-state index contributed by atoms with van der Waals surface area (Å²) in [4.78, 5) is 25.3. The fraction of sp³-hybridized carbons (Fsp3) is 0.261. The Morgan fingerprint density at radius 3 is 2.76 bits per heavy atom. The first-order chi connectivity index (χ1) is 16.0. The number of aliphatic hydroxyl groups excluding tert-OH is 1. The molecule has 2 aliphatic heterocycles. The molecule has 0 bridgehead atoms. The summed E-state index contributed by atoms with van der Waals surface area (Å²) in [6, 6.07) is 11.2. The van der Waals surface area contributed by atoms with E-state index in [1.54, 1.807) is 18.2 Å². The van der Waals surface area contributed by atoms with E-state index in [1.165, 1.54) is 22.2 Å². The van der Waals surface area contributed by atoms with Crippen LogP contribution in [0.4, 0.5) is 17.3 Å². The van der Waals surface area contributed by atoms with Crippen LogP contribution < -0.4 is 15.0 Å². The van der Waals surface area contributed by atoms with Gasteiger partial charge in [0.2, 0.25) is 11.8 Å². The minimum Gasteiger partial charge on any atom is -0.455 e. The number of hydrogen-bond acceptors (Lipinski definition) is 7. The number of halogens is 2. The molecule has 10 heteroatoms. The normalized spacial score (nSPS) is 15.6. The Balaban J connectivity index is 1.34. The number of anilines is 3. The van der Waals surface area contributed by atoms with Crippen molar-refractivity contribution in [1.82, 2.24) is 14.9 Å². The van der Waals surface area contributed by atoms with Gasteiger partial charge in [-0.05, 0) is 41.8 Å². The van der Waals surface area contributed by atoms with E-state index in [2.05, 4.69) is 32.3 Å². The first-order valence-corrected chi connectivity index (χ1v) is 11.3. The third-order valence-corrected chi connectivity index (χ3v) is 6.35. The van der Waals surface area contributed by atoms with Crippen LogP contribution >= 0.6 is 23.2 Å². The molecule has 2 N–H and O–H groups in total. The maximum absolute atomic E-state index is 13.0. The number of benzene rings is 2. The topological polar surface area (TPSA) is 90.8 Å². The van der Waals surface area contributed by atoms with E-state index in [0.29, 0.717) is 28.2 Å². The van der Waals surface area contributed by atoms with Gasteiger partial charge in [0, 0.05) is 31.5 Å². The van der Waals surface area contributed by atoms with Crippen LogP contribution in [0.25, 0.3) is 0 Å². The van der Waals surface area contributed by atoms with Crippen LogP contribution in [-0.2, 0) is 13.0 Å². The molecule has 3 heterocycles. The van der Waals surface area contributed by atoms with E-state index in [1.807, 2.05) is 6.07 Å². The Bertz CT molecular complexity index is 1200. The molecule has 0 unspecified atom stereocenters. The predicted octanol–water partition coefficient (Wildman–Crippen LogP) is 3.87. The van der Waals surface area contributed by atoms with E-state index >= 15 is 0 Å². The highest BCUT2D eigenvalue weighted by atomic mass is 35.5. The van der Waals surface area contributed by atoms with Gasteiger partial charge in [-0.15, -0.1) is 0 Å². The zero-order valence-electron chi connectivity index (χ0n) is 17.6. The van der Waals surface area contributed by atoms with Crippen LogP contribution in [0.1, 0.15) is 21.5 Å². The van der Waals surface area contributed by atoms with Crippen molar-refractivity contribution in [2.75, 3.05) is 36.6 Å². The lowest BCUT2D eigenvalue weighted by Crippen LogP contribution is -2.39. The fourth-order valence-corrected chi connectivity index (χ4v) is 4.68. The summed E-state index contributed by atoms with van der Waals surface area (Å²) in [6.45, 7) is 2.52. The SMILES string of the molecule is O=C1c2cnc(Nc3ccc4c(c3)CCN(CCO)C4)nc2OCN1c1c(Cl)cccc1Cl. The van der Waals surface area contributed by atoms with E-state index in [0.717, 1.165) is 25.2 Å². The Hall–Kier alpha value is -2.91. The van der Waals surface area contributed by atoms with Gasteiger partial charge in [-0.3, -0.25) is 14.6 Å². The quantitative estimate of drug-likeness (QED) is 0.566. The maximum atomic E-state index is 13.0. The van der Waals surface area contributed by atoms with Gasteiger partial charge in [-0.25, -0.2) is 4.98 Å². The van der Waals surface area contributed by atoms with Crippen molar-refractivity contribution in [1.29, 1.82) is 0 Å². The standard InChI is InChI=1S/C23H21Cl2N5O3/c24-18-2-1-3-19(25)20(18)30-13-33-21-17(22(30)32)11-26-23(28-21)27-16-5-4-15-12-29(8-9-31)7-6-14(15)10-16/h1-5,10-11,31H,6-9,12-13H2,(H,26,27,28). The molecule has 1 amide bonds. The maximum Gasteiger partial charge on any atom is 0.268 e. The summed E-state index contributed by atoms with van der Waals surface area (Å²) in [5.74, 6) is 0.206. The third kappa shape index (κ3) is 4.35. The summed E-state index contributed by atoms with van der Waals surface area (Å²) >= 11 is 12.5. The molecule has 0 aliphatic carbocycles. The Labute approximate surface area is 200 Å². The van der Waals surface area contributed by atoms with Gasteiger partial charge < -0.3 is 15.2 Å².